The van der Waals surface area contributed by atoms with Gasteiger partial charge in [0.1, 0.15) is 11.4 Å². The first-order chi connectivity index (χ1) is 14.7. The molecule has 0 spiro atoms. The van der Waals surface area contributed by atoms with Gasteiger partial charge in [-0.3, -0.25) is 0 Å². The largest absolute Gasteiger partial charge is 0.444 e. The van der Waals surface area contributed by atoms with Crippen LogP contribution in [0.25, 0.3) is 0 Å². The van der Waals surface area contributed by atoms with Crippen LogP contribution in [0.4, 0.5) is 20.6 Å². The Kier molecular flexibility index (Phi) is 8.03. The number of hydrogen-bond acceptors (Lipinski definition) is 5. The number of piperidine rings is 1. The summed E-state index contributed by atoms with van der Waals surface area (Å²) in [6, 6.07) is 5.71. The molecule has 0 bridgehead atoms. The third-order valence-corrected chi connectivity index (χ3v) is 6.36. The molecule has 1 aromatic rings. The van der Waals surface area contributed by atoms with Crippen LogP contribution in [0.5, 0.6) is 0 Å². The number of benzene rings is 1. The zero-order valence-corrected chi connectivity index (χ0v) is 19.3. The van der Waals surface area contributed by atoms with E-state index in [2.05, 4.69) is 15.5 Å². The van der Waals surface area contributed by atoms with E-state index in [-0.39, 0.29) is 18.0 Å². The van der Waals surface area contributed by atoms with Gasteiger partial charge in [-0.1, -0.05) is 0 Å². The number of halogens is 1. The topological polar surface area (TPSA) is 79.6 Å². The summed E-state index contributed by atoms with van der Waals surface area (Å²) in [4.78, 5) is 14.1. The molecule has 7 heteroatoms. The van der Waals surface area contributed by atoms with Crippen molar-refractivity contribution in [3.63, 3.8) is 0 Å². The molecule has 0 atom stereocenters. The van der Waals surface area contributed by atoms with Gasteiger partial charge in [-0.25, -0.2) is 9.18 Å². The molecule has 2 fully saturated rings. The molecule has 1 saturated carbocycles. The molecular weight excluding hydrogens is 395 g/mol. The maximum atomic E-state index is 14.1. The average Bonchev–Trinajstić information content (AvgIpc) is 2.69. The van der Waals surface area contributed by atoms with Crippen molar-refractivity contribution >= 4 is 17.5 Å². The van der Waals surface area contributed by atoms with Crippen molar-refractivity contribution in [2.45, 2.75) is 83.4 Å². The van der Waals surface area contributed by atoms with Gasteiger partial charge in [-0.2, -0.15) is 0 Å². The zero-order chi connectivity index (χ0) is 22.4. The molecule has 1 aliphatic heterocycles. The lowest BCUT2D eigenvalue weighted by molar-refractivity contribution is 0.0489. The van der Waals surface area contributed by atoms with Gasteiger partial charge in [0.25, 0.3) is 0 Å². The van der Waals surface area contributed by atoms with Gasteiger partial charge in [0.15, 0.2) is 0 Å². The fourth-order valence-electron chi connectivity index (χ4n) is 4.65. The first kappa shape index (κ1) is 23.6. The second-order valence-electron chi connectivity index (χ2n) is 10.1. The van der Waals surface area contributed by atoms with E-state index in [1.807, 2.05) is 20.8 Å². The minimum atomic E-state index is -0.456. The maximum Gasteiger partial charge on any atom is 0.407 e. The highest BCUT2D eigenvalue weighted by molar-refractivity contribution is 5.68. The predicted octanol–water partition coefficient (Wildman–Crippen LogP) is 4.44. The SMILES string of the molecule is CC(C)(C)OC(=O)NC1CCC(NCCC2CCN(c3ccc(N)cc3F)CC2)CC1. The summed E-state index contributed by atoms with van der Waals surface area (Å²) in [6.45, 7) is 8.46. The van der Waals surface area contributed by atoms with Crippen LogP contribution in [0.3, 0.4) is 0 Å². The lowest BCUT2D eigenvalue weighted by Crippen LogP contribution is -2.44. The number of nitrogens with one attached hydrogen (secondary N) is 2. The minimum absolute atomic E-state index is 0.214. The molecule has 1 aliphatic carbocycles. The summed E-state index contributed by atoms with van der Waals surface area (Å²) in [5.41, 5.74) is 6.34. The molecule has 2 aliphatic rings. The maximum absolute atomic E-state index is 14.1. The van der Waals surface area contributed by atoms with E-state index < -0.39 is 5.60 Å². The van der Waals surface area contributed by atoms with Crippen LogP contribution in [-0.2, 0) is 4.74 Å². The van der Waals surface area contributed by atoms with Crippen molar-refractivity contribution in [2.75, 3.05) is 30.3 Å². The normalized spacial score (nSPS) is 22.9. The van der Waals surface area contributed by atoms with E-state index in [4.69, 9.17) is 10.5 Å². The molecule has 4 N–H and O–H groups in total. The smallest absolute Gasteiger partial charge is 0.407 e. The van der Waals surface area contributed by atoms with E-state index in [9.17, 15) is 9.18 Å². The number of nitrogen functional groups attached to an aromatic ring is 1. The molecule has 1 amide bonds. The third-order valence-electron chi connectivity index (χ3n) is 6.36. The molecule has 1 aromatic carbocycles. The second kappa shape index (κ2) is 10.5. The van der Waals surface area contributed by atoms with E-state index in [1.165, 1.54) is 6.07 Å². The lowest BCUT2D eigenvalue weighted by Gasteiger charge is -2.34. The van der Waals surface area contributed by atoms with Gasteiger partial charge in [0.2, 0.25) is 0 Å². The molecule has 3 rings (SSSR count). The number of alkyl carbamates (subject to hydrolysis) is 1. The fraction of sp³-hybridized carbons (Fsp3) is 0.708. The number of rotatable bonds is 6. The fourth-order valence-corrected chi connectivity index (χ4v) is 4.65. The summed E-state index contributed by atoms with van der Waals surface area (Å²) in [7, 11) is 0. The van der Waals surface area contributed by atoms with Crippen molar-refractivity contribution in [1.29, 1.82) is 0 Å². The van der Waals surface area contributed by atoms with Crippen molar-refractivity contribution < 1.29 is 13.9 Å². The molecular formula is C24H39FN4O2. The van der Waals surface area contributed by atoms with Crippen LogP contribution in [0.2, 0.25) is 0 Å². The van der Waals surface area contributed by atoms with Gasteiger partial charge >= 0.3 is 6.09 Å². The Bertz CT molecular complexity index is 721. The number of nitrogens with two attached hydrogens (primary N) is 1. The third kappa shape index (κ3) is 7.56. The van der Waals surface area contributed by atoms with Gasteiger partial charge in [-0.15, -0.1) is 0 Å². The lowest BCUT2D eigenvalue weighted by atomic mass is 9.90. The standard InChI is InChI=1S/C24H39FN4O2/c1-24(2,3)31-23(30)28-20-7-5-19(6-8-20)27-13-10-17-11-14-29(15-12-17)22-9-4-18(26)16-21(22)25/h4,9,16-17,19-20,27H,5-8,10-15,26H2,1-3H3,(H,28,30). The summed E-state index contributed by atoms with van der Waals surface area (Å²) in [5.74, 6) is 0.461. The predicted molar refractivity (Wildman–Crippen MR) is 124 cm³/mol. The molecule has 0 radical (unpaired) electrons. The van der Waals surface area contributed by atoms with Gasteiger partial charge < -0.3 is 26.0 Å². The molecule has 31 heavy (non-hydrogen) atoms. The van der Waals surface area contributed by atoms with Crippen LogP contribution in [0.15, 0.2) is 18.2 Å². The summed E-state index contributed by atoms with van der Waals surface area (Å²) >= 11 is 0. The van der Waals surface area contributed by atoms with E-state index in [0.29, 0.717) is 23.3 Å². The highest BCUT2D eigenvalue weighted by Crippen LogP contribution is 2.28. The Balaban J connectivity index is 1.29. The van der Waals surface area contributed by atoms with Gasteiger partial charge in [0.05, 0.1) is 5.69 Å². The summed E-state index contributed by atoms with van der Waals surface area (Å²) in [5, 5.41) is 6.71. The number of ether oxygens (including phenoxy) is 1. The number of carbonyl (C=O) groups is 1. The Labute approximate surface area is 186 Å². The van der Waals surface area contributed by atoms with Crippen LogP contribution < -0.4 is 21.3 Å². The van der Waals surface area contributed by atoms with Crippen molar-refractivity contribution in [1.82, 2.24) is 10.6 Å². The van der Waals surface area contributed by atoms with Gasteiger partial charge in [0, 0.05) is 30.9 Å². The highest BCUT2D eigenvalue weighted by atomic mass is 19.1. The van der Waals surface area contributed by atoms with Crippen LogP contribution in [-0.4, -0.2) is 43.4 Å². The molecule has 0 aromatic heterocycles. The summed E-state index contributed by atoms with van der Waals surface area (Å²) < 4.78 is 19.5. The van der Waals surface area contributed by atoms with Crippen molar-refractivity contribution in [3.05, 3.63) is 24.0 Å². The Hall–Kier alpha value is -2.02. The quantitative estimate of drug-likeness (QED) is 0.577. The number of anilines is 2. The van der Waals surface area contributed by atoms with E-state index >= 15 is 0 Å². The number of nitrogens with zero attached hydrogens (tertiary/aromatic N) is 1. The molecule has 6 nitrogen and oxygen atoms in total. The highest BCUT2D eigenvalue weighted by Gasteiger charge is 2.25. The Morgan fingerprint density at radius 3 is 2.39 bits per heavy atom. The first-order valence-electron chi connectivity index (χ1n) is 11.7. The summed E-state index contributed by atoms with van der Waals surface area (Å²) in [6.07, 6.45) is 7.17. The Morgan fingerprint density at radius 2 is 1.77 bits per heavy atom. The van der Waals surface area contributed by atoms with Crippen LogP contribution in [0.1, 0.15) is 65.7 Å². The van der Waals surface area contributed by atoms with Crippen molar-refractivity contribution in [3.8, 4) is 0 Å². The van der Waals surface area contributed by atoms with Gasteiger partial charge in [-0.05, 0) is 96.4 Å². The Morgan fingerprint density at radius 1 is 1.13 bits per heavy atom. The molecule has 1 heterocycles. The molecule has 1 saturated heterocycles. The van der Waals surface area contributed by atoms with Crippen molar-refractivity contribution in [2.24, 2.45) is 5.92 Å². The average molecular weight is 435 g/mol. The monoisotopic (exact) mass is 434 g/mol. The number of amides is 1. The second-order valence-corrected chi connectivity index (χ2v) is 10.1. The van der Waals surface area contributed by atoms with E-state index in [1.54, 1.807) is 12.1 Å². The van der Waals surface area contributed by atoms with Crippen LogP contribution >= 0.6 is 0 Å². The molecule has 0 unspecified atom stereocenters. The molecule has 174 valence electrons. The van der Waals surface area contributed by atoms with Crippen LogP contribution in [0, 0.1) is 11.7 Å². The number of carbonyl (C=O) groups excluding carboxylic acids is 1. The number of hydrogen-bond donors (Lipinski definition) is 3. The zero-order valence-electron chi connectivity index (χ0n) is 19.3. The minimum Gasteiger partial charge on any atom is -0.444 e. The van der Waals surface area contributed by atoms with E-state index in [0.717, 1.165) is 64.6 Å². The first-order valence-corrected chi connectivity index (χ1v) is 11.7.